The maximum atomic E-state index is 5.43. The van der Waals surface area contributed by atoms with Crippen molar-refractivity contribution in [3.8, 4) is 11.5 Å². The normalized spacial score (nSPS) is 11.0. The fourth-order valence-electron chi connectivity index (χ4n) is 2.26. The standard InChI is InChI=1S/C18H28N6O2/c1-7-19-15-21-16(23-17(22-15)24-18(2,3)4)20-11-12-8-9-13(25-5)10-14(12)26-6/h8-10H,7,11H2,1-6H3,(H3,19,20,21,22,23,24). The lowest BCUT2D eigenvalue weighted by molar-refractivity contribution is 0.391. The summed E-state index contributed by atoms with van der Waals surface area (Å²) in [6.07, 6.45) is 0. The first-order chi connectivity index (χ1) is 12.3. The minimum absolute atomic E-state index is 0.151. The van der Waals surface area contributed by atoms with Gasteiger partial charge in [-0.3, -0.25) is 0 Å². The number of nitrogens with one attached hydrogen (secondary N) is 3. The van der Waals surface area contributed by atoms with E-state index >= 15 is 0 Å². The molecule has 8 nitrogen and oxygen atoms in total. The Balaban J connectivity index is 2.20. The first-order valence-electron chi connectivity index (χ1n) is 8.57. The van der Waals surface area contributed by atoms with Gasteiger partial charge in [0, 0.05) is 30.3 Å². The number of ether oxygens (including phenoxy) is 2. The number of aromatic nitrogens is 3. The molecule has 1 aromatic heterocycles. The van der Waals surface area contributed by atoms with Crippen molar-refractivity contribution in [2.24, 2.45) is 0 Å². The van der Waals surface area contributed by atoms with Gasteiger partial charge in [-0.05, 0) is 39.8 Å². The monoisotopic (exact) mass is 360 g/mol. The Kier molecular flexibility index (Phi) is 6.43. The Hall–Kier alpha value is -2.77. The molecule has 2 aromatic rings. The van der Waals surface area contributed by atoms with Crippen molar-refractivity contribution in [3.63, 3.8) is 0 Å². The Morgan fingerprint density at radius 3 is 2.15 bits per heavy atom. The van der Waals surface area contributed by atoms with Crippen molar-refractivity contribution in [2.45, 2.75) is 39.8 Å². The summed E-state index contributed by atoms with van der Waals surface area (Å²) in [5.74, 6) is 3.02. The van der Waals surface area contributed by atoms with Crippen LogP contribution in [0, 0.1) is 0 Å². The van der Waals surface area contributed by atoms with Gasteiger partial charge in [0.2, 0.25) is 17.8 Å². The number of hydrogen-bond donors (Lipinski definition) is 3. The van der Waals surface area contributed by atoms with Crippen molar-refractivity contribution in [3.05, 3.63) is 23.8 Å². The van der Waals surface area contributed by atoms with E-state index in [0.717, 1.165) is 23.6 Å². The SMILES string of the molecule is CCNc1nc(NCc2ccc(OC)cc2OC)nc(NC(C)(C)C)n1. The third-order valence-corrected chi connectivity index (χ3v) is 3.39. The summed E-state index contributed by atoms with van der Waals surface area (Å²) in [5, 5.41) is 9.63. The van der Waals surface area contributed by atoms with E-state index in [4.69, 9.17) is 9.47 Å². The maximum Gasteiger partial charge on any atom is 0.229 e. The third kappa shape index (κ3) is 5.65. The molecule has 0 saturated carbocycles. The van der Waals surface area contributed by atoms with Crippen LogP contribution in [0.2, 0.25) is 0 Å². The highest BCUT2D eigenvalue weighted by molar-refractivity contribution is 5.46. The molecule has 0 spiro atoms. The van der Waals surface area contributed by atoms with Gasteiger partial charge >= 0.3 is 0 Å². The highest BCUT2D eigenvalue weighted by Crippen LogP contribution is 2.25. The van der Waals surface area contributed by atoms with Crippen LogP contribution in [0.5, 0.6) is 11.5 Å². The van der Waals surface area contributed by atoms with Crippen LogP contribution in [0.3, 0.4) is 0 Å². The van der Waals surface area contributed by atoms with E-state index in [1.807, 2.05) is 25.1 Å². The van der Waals surface area contributed by atoms with E-state index in [2.05, 4.69) is 51.7 Å². The molecular formula is C18H28N6O2. The minimum atomic E-state index is -0.151. The van der Waals surface area contributed by atoms with E-state index in [9.17, 15) is 0 Å². The molecule has 142 valence electrons. The van der Waals surface area contributed by atoms with Gasteiger partial charge in [0.1, 0.15) is 11.5 Å². The summed E-state index contributed by atoms with van der Waals surface area (Å²) in [6.45, 7) is 9.40. The largest absolute Gasteiger partial charge is 0.497 e. The zero-order valence-electron chi connectivity index (χ0n) is 16.3. The van der Waals surface area contributed by atoms with Gasteiger partial charge in [-0.2, -0.15) is 15.0 Å². The average Bonchev–Trinajstić information content (AvgIpc) is 2.58. The molecular weight excluding hydrogens is 332 g/mol. The van der Waals surface area contributed by atoms with E-state index in [0.29, 0.717) is 24.4 Å². The highest BCUT2D eigenvalue weighted by Gasteiger charge is 2.14. The van der Waals surface area contributed by atoms with E-state index in [1.165, 1.54) is 0 Å². The van der Waals surface area contributed by atoms with Crippen LogP contribution in [-0.2, 0) is 6.54 Å². The second kappa shape index (κ2) is 8.55. The van der Waals surface area contributed by atoms with Gasteiger partial charge in [-0.15, -0.1) is 0 Å². The average molecular weight is 360 g/mol. The summed E-state index contributed by atoms with van der Waals surface area (Å²) >= 11 is 0. The van der Waals surface area contributed by atoms with Gasteiger partial charge in [-0.1, -0.05) is 0 Å². The minimum Gasteiger partial charge on any atom is -0.497 e. The number of methoxy groups -OCH3 is 2. The van der Waals surface area contributed by atoms with E-state index < -0.39 is 0 Å². The number of nitrogens with zero attached hydrogens (tertiary/aromatic N) is 3. The molecule has 0 aliphatic rings. The van der Waals surface area contributed by atoms with E-state index in [1.54, 1.807) is 14.2 Å². The Morgan fingerprint density at radius 1 is 0.923 bits per heavy atom. The van der Waals surface area contributed by atoms with Crippen LogP contribution in [-0.4, -0.2) is 41.3 Å². The predicted octanol–water partition coefficient (Wildman–Crippen LogP) is 3.14. The molecule has 26 heavy (non-hydrogen) atoms. The first-order valence-corrected chi connectivity index (χ1v) is 8.57. The highest BCUT2D eigenvalue weighted by atomic mass is 16.5. The number of hydrogen-bond acceptors (Lipinski definition) is 8. The van der Waals surface area contributed by atoms with E-state index in [-0.39, 0.29) is 5.54 Å². The quantitative estimate of drug-likeness (QED) is 0.661. The second-order valence-corrected chi connectivity index (χ2v) is 6.74. The molecule has 1 aromatic carbocycles. The lowest BCUT2D eigenvalue weighted by atomic mass is 10.1. The zero-order valence-corrected chi connectivity index (χ0v) is 16.3. The summed E-state index contributed by atoms with van der Waals surface area (Å²) < 4.78 is 10.7. The van der Waals surface area contributed by atoms with Crippen molar-refractivity contribution >= 4 is 17.8 Å². The Labute approximate surface area is 154 Å². The molecule has 1 heterocycles. The molecule has 2 rings (SSSR count). The van der Waals surface area contributed by atoms with Crippen LogP contribution in [0.15, 0.2) is 18.2 Å². The summed E-state index contributed by atoms with van der Waals surface area (Å²) in [4.78, 5) is 13.3. The number of benzene rings is 1. The van der Waals surface area contributed by atoms with Crippen LogP contribution in [0.1, 0.15) is 33.3 Å². The van der Waals surface area contributed by atoms with Crippen molar-refractivity contribution < 1.29 is 9.47 Å². The van der Waals surface area contributed by atoms with Crippen LogP contribution in [0.25, 0.3) is 0 Å². The molecule has 0 saturated heterocycles. The van der Waals surface area contributed by atoms with Crippen LogP contribution in [0.4, 0.5) is 17.8 Å². The Morgan fingerprint density at radius 2 is 1.58 bits per heavy atom. The van der Waals surface area contributed by atoms with Gasteiger partial charge in [-0.25, -0.2) is 0 Å². The molecule has 0 amide bonds. The summed E-state index contributed by atoms with van der Waals surface area (Å²) in [7, 11) is 3.26. The Bertz CT molecular complexity index is 730. The van der Waals surface area contributed by atoms with Crippen molar-refractivity contribution in [1.29, 1.82) is 0 Å². The molecule has 0 fully saturated rings. The second-order valence-electron chi connectivity index (χ2n) is 6.74. The number of rotatable bonds is 8. The van der Waals surface area contributed by atoms with Crippen LogP contribution < -0.4 is 25.4 Å². The number of anilines is 3. The fourth-order valence-corrected chi connectivity index (χ4v) is 2.26. The first kappa shape index (κ1) is 19.6. The lowest BCUT2D eigenvalue weighted by Gasteiger charge is -2.21. The molecule has 8 heteroatoms. The molecule has 0 aliphatic carbocycles. The topological polar surface area (TPSA) is 93.2 Å². The van der Waals surface area contributed by atoms with Gasteiger partial charge in [0.05, 0.1) is 14.2 Å². The third-order valence-electron chi connectivity index (χ3n) is 3.39. The zero-order chi connectivity index (χ0) is 19.2. The van der Waals surface area contributed by atoms with Crippen LogP contribution >= 0.6 is 0 Å². The molecule has 0 radical (unpaired) electrons. The maximum absolute atomic E-state index is 5.43. The molecule has 0 unspecified atom stereocenters. The molecule has 3 N–H and O–H groups in total. The summed E-state index contributed by atoms with van der Waals surface area (Å²) in [5.41, 5.74) is 0.824. The molecule has 0 atom stereocenters. The molecule has 0 aliphatic heterocycles. The lowest BCUT2D eigenvalue weighted by Crippen LogP contribution is -2.28. The fraction of sp³-hybridized carbons (Fsp3) is 0.500. The predicted molar refractivity (Wildman–Crippen MR) is 104 cm³/mol. The van der Waals surface area contributed by atoms with Gasteiger partial charge in [0.15, 0.2) is 0 Å². The van der Waals surface area contributed by atoms with Crippen molar-refractivity contribution in [1.82, 2.24) is 15.0 Å². The summed E-state index contributed by atoms with van der Waals surface area (Å²) in [6, 6.07) is 5.69. The van der Waals surface area contributed by atoms with Crippen molar-refractivity contribution in [2.75, 3.05) is 36.7 Å². The smallest absolute Gasteiger partial charge is 0.229 e. The van der Waals surface area contributed by atoms with Gasteiger partial charge < -0.3 is 25.4 Å². The van der Waals surface area contributed by atoms with Gasteiger partial charge in [0.25, 0.3) is 0 Å². The molecule has 0 bridgehead atoms.